The fourth-order valence-corrected chi connectivity index (χ4v) is 1.69. The van der Waals surface area contributed by atoms with Gasteiger partial charge in [0, 0.05) is 11.6 Å². The number of hydrogen-bond donors (Lipinski definition) is 2. The molecule has 0 aliphatic rings. The van der Waals surface area contributed by atoms with Crippen LogP contribution < -0.4 is 5.32 Å². The normalized spacial score (nSPS) is 12.6. The smallest absolute Gasteiger partial charge is 0.326 e. The van der Waals surface area contributed by atoms with Crippen LogP contribution in [0.15, 0.2) is 30.3 Å². The van der Waals surface area contributed by atoms with Crippen LogP contribution in [0.4, 0.5) is 4.39 Å². The van der Waals surface area contributed by atoms with Crippen molar-refractivity contribution in [3.05, 3.63) is 41.7 Å². The number of benzene rings is 1. The van der Waals surface area contributed by atoms with Crippen LogP contribution in [-0.4, -0.2) is 23.0 Å². The van der Waals surface area contributed by atoms with Crippen molar-refractivity contribution in [1.29, 1.82) is 0 Å². The van der Waals surface area contributed by atoms with Crippen LogP contribution in [0.25, 0.3) is 6.08 Å². The summed E-state index contributed by atoms with van der Waals surface area (Å²) in [6, 6.07) is 5.08. The zero-order valence-corrected chi connectivity index (χ0v) is 11.5. The molecule has 1 amide bonds. The van der Waals surface area contributed by atoms with Crippen LogP contribution in [0, 0.1) is 11.7 Å². The summed E-state index contributed by atoms with van der Waals surface area (Å²) in [4.78, 5) is 22.6. The first-order valence-electron chi connectivity index (χ1n) is 6.36. The first-order valence-corrected chi connectivity index (χ1v) is 6.36. The molecule has 0 unspecified atom stereocenters. The van der Waals surface area contributed by atoms with Crippen molar-refractivity contribution in [3.8, 4) is 0 Å². The van der Waals surface area contributed by atoms with E-state index in [-0.39, 0.29) is 11.5 Å². The molecule has 0 saturated carbocycles. The van der Waals surface area contributed by atoms with Gasteiger partial charge in [0.2, 0.25) is 5.91 Å². The minimum atomic E-state index is -1.08. The van der Waals surface area contributed by atoms with E-state index in [9.17, 15) is 14.0 Å². The molecule has 0 fully saturated rings. The van der Waals surface area contributed by atoms with E-state index >= 15 is 0 Å². The van der Waals surface area contributed by atoms with Gasteiger partial charge in [0.15, 0.2) is 0 Å². The fraction of sp³-hybridized carbons (Fsp3) is 0.333. The Bertz CT molecular complexity index is 512. The molecule has 0 aliphatic heterocycles. The summed E-state index contributed by atoms with van der Waals surface area (Å²) >= 11 is 0. The molecule has 1 atom stereocenters. The van der Waals surface area contributed by atoms with Gasteiger partial charge in [-0.25, -0.2) is 9.18 Å². The van der Waals surface area contributed by atoms with Gasteiger partial charge < -0.3 is 10.4 Å². The molecule has 0 bridgehead atoms. The second-order valence-corrected chi connectivity index (χ2v) is 4.88. The molecule has 5 heteroatoms. The van der Waals surface area contributed by atoms with E-state index in [0.717, 1.165) is 6.08 Å². The maximum Gasteiger partial charge on any atom is 0.326 e. The minimum absolute atomic E-state index is 0.145. The van der Waals surface area contributed by atoms with Gasteiger partial charge in [-0.2, -0.15) is 0 Å². The Labute approximate surface area is 117 Å². The van der Waals surface area contributed by atoms with E-state index in [4.69, 9.17) is 5.11 Å². The Kier molecular flexibility index (Phi) is 5.90. The zero-order valence-electron chi connectivity index (χ0n) is 11.5. The van der Waals surface area contributed by atoms with E-state index < -0.39 is 23.7 Å². The molecule has 0 radical (unpaired) electrons. The molecule has 20 heavy (non-hydrogen) atoms. The number of hydrogen-bond acceptors (Lipinski definition) is 2. The van der Waals surface area contributed by atoms with Crippen molar-refractivity contribution in [1.82, 2.24) is 5.32 Å². The van der Waals surface area contributed by atoms with Gasteiger partial charge in [-0.05, 0) is 24.5 Å². The second-order valence-electron chi connectivity index (χ2n) is 4.88. The first-order chi connectivity index (χ1) is 9.40. The molecule has 4 nitrogen and oxygen atoms in total. The molecular weight excluding hydrogens is 261 g/mol. The average molecular weight is 279 g/mol. The second kappa shape index (κ2) is 7.43. The molecule has 108 valence electrons. The number of nitrogens with one attached hydrogen (secondary N) is 1. The lowest BCUT2D eigenvalue weighted by Gasteiger charge is -2.15. The van der Waals surface area contributed by atoms with E-state index in [1.165, 1.54) is 18.2 Å². The number of carbonyl (C=O) groups excluding carboxylic acids is 1. The lowest BCUT2D eigenvalue weighted by molar-refractivity contribution is -0.141. The van der Waals surface area contributed by atoms with Crippen LogP contribution in [0.5, 0.6) is 0 Å². The highest BCUT2D eigenvalue weighted by Crippen LogP contribution is 2.08. The Morgan fingerprint density at radius 1 is 1.35 bits per heavy atom. The van der Waals surface area contributed by atoms with E-state index in [1.54, 1.807) is 12.1 Å². The van der Waals surface area contributed by atoms with E-state index in [2.05, 4.69) is 5.32 Å². The number of carboxylic acids is 1. The monoisotopic (exact) mass is 279 g/mol. The summed E-state index contributed by atoms with van der Waals surface area (Å²) in [5.41, 5.74) is 0.276. The average Bonchev–Trinajstić information content (AvgIpc) is 2.36. The third-order valence-electron chi connectivity index (χ3n) is 2.64. The summed E-state index contributed by atoms with van der Waals surface area (Å²) in [6.07, 6.45) is 2.79. The summed E-state index contributed by atoms with van der Waals surface area (Å²) in [6.45, 7) is 3.74. The SMILES string of the molecule is CC(C)C[C@H](NC(=O)C=Cc1ccccc1F)C(=O)O. The van der Waals surface area contributed by atoms with Gasteiger partial charge in [-0.1, -0.05) is 32.0 Å². The van der Waals surface area contributed by atoms with Crippen molar-refractivity contribution in [3.63, 3.8) is 0 Å². The van der Waals surface area contributed by atoms with Crippen LogP contribution in [0.3, 0.4) is 0 Å². The Hall–Kier alpha value is -2.17. The number of carboxylic acid groups (broad SMARTS) is 1. The van der Waals surface area contributed by atoms with Crippen LogP contribution in [-0.2, 0) is 9.59 Å². The van der Waals surface area contributed by atoms with Gasteiger partial charge >= 0.3 is 5.97 Å². The lowest BCUT2D eigenvalue weighted by atomic mass is 10.0. The Morgan fingerprint density at radius 3 is 2.55 bits per heavy atom. The lowest BCUT2D eigenvalue weighted by Crippen LogP contribution is -2.40. The molecule has 1 aromatic carbocycles. The van der Waals surface area contributed by atoms with Gasteiger partial charge in [0.25, 0.3) is 0 Å². The Balaban J connectivity index is 2.66. The van der Waals surface area contributed by atoms with Crippen molar-refractivity contribution in [2.45, 2.75) is 26.3 Å². The molecule has 0 aliphatic carbocycles. The number of rotatable bonds is 6. The molecule has 0 saturated heterocycles. The zero-order chi connectivity index (χ0) is 15.1. The predicted octanol–water partition coefficient (Wildman–Crippen LogP) is 2.45. The number of carbonyl (C=O) groups is 2. The maximum atomic E-state index is 13.3. The summed E-state index contributed by atoms with van der Waals surface area (Å²) < 4.78 is 13.3. The third kappa shape index (κ3) is 5.22. The van der Waals surface area contributed by atoms with Crippen LogP contribution in [0.2, 0.25) is 0 Å². The first kappa shape index (κ1) is 15.9. The molecule has 0 aromatic heterocycles. The van der Waals surface area contributed by atoms with Gasteiger partial charge in [0.05, 0.1) is 0 Å². The van der Waals surface area contributed by atoms with E-state index in [1.807, 2.05) is 13.8 Å². The highest BCUT2D eigenvalue weighted by molar-refractivity contribution is 5.94. The molecule has 2 N–H and O–H groups in total. The van der Waals surface area contributed by atoms with Crippen molar-refractivity contribution in [2.75, 3.05) is 0 Å². The summed E-state index contributed by atoms with van der Waals surface area (Å²) in [5.74, 6) is -1.92. The standard InChI is InChI=1S/C15H18FNO3/c1-10(2)9-13(15(19)20)17-14(18)8-7-11-5-3-4-6-12(11)16/h3-8,10,13H,9H2,1-2H3,(H,17,18)(H,19,20)/t13-/m0/s1. The van der Waals surface area contributed by atoms with Crippen molar-refractivity contribution < 1.29 is 19.1 Å². The number of amides is 1. The molecule has 0 spiro atoms. The number of halogens is 1. The third-order valence-corrected chi connectivity index (χ3v) is 2.64. The topological polar surface area (TPSA) is 66.4 Å². The summed E-state index contributed by atoms with van der Waals surface area (Å²) in [7, 11) is 0. The highest BCUT2D eigenvalue weighted by Gasteiger charge is 2.19. The molecular formula is C15H18FNO3. The van der Waals surface area contributed by atoms with Crippen molar-refractivity contribution >= 4 is 18.0 Å². The summed E-state index contributed by atoms with van der Waals surface area (Å²) in [5, 5.41) is 11.4. The molecule has 1 rings (SSSR count). The quantitative estimate of drug-likeness (QED) is 0.786. The van der Waals surface area contributed by atoms with Gasteiger partial charge in [0.1, 0.15) is 11.9 Å². The van der Waals surface area contributed by atoms with Crippen molar-refractivity contribution in [2.24, 2.45) is 5.92 Å². The van der Waals surface area contributed by atoms with Gasteiger partial charge in [-0.3, -0.25) is 4.79 Å². The maximum absolute atomic E-state index is 13.3. The minimum Gasteiger partial charge on any atom is -0.480 e. The number of aliphatic carboxylic acids is 1. The van der Waals surface area contributed by atoms with Crippen LogP contribution in [0.1, 0.15) is 25.8 Å². The van der Waals surface area contributed by atoms with Crippen LogP contribution >= 0.6 is 0 Å². The Morgan fingerprint density at radius 2 is 2.00 bits per heavy atom. The fourth-order valence-electron chi connectivity index (χ4n) is 1.69. The molecule has 1 aromatic rings. The van der Waals surface area contributed by atoms with E-state index in [0.29, 0.717) is 6.42 Å². The largest absolute Gasteiger partial charge is 0.480 e. The molecule has 0 heterocycles. The highest BCUT2D eigenvalue weighted by atomic mass is 19.1. The van der Waals surface area contributed by atoms with Gasteiger partial charge in [-0.15, -0.1) is 0 Å². The predicted molar refractivity (Wildman–Crippen MR) is 74.5 cm³/mol.